The molecule has 28 heavy (non-hydrogen) atoms. The summed E-state index contributed by atoms with van der Waals surface area (Å²) in [7, 11) is 0. The van der Waals surface area contributed by atoms with Gasteiger partial charge in [0.25, 0.3) is 5.91 Å². The van der Waals surface area contributed by atoms with Crippen LogP contribution in [0.4, 0.5) is 5.69 Å². The van der Waals surface area contributed by atoms with Gasteiger partial charge in [0.1, 0.15) is 6.04 Å². The van der Waals surface area contributed by atoms with Gasteiger partial charge in [0.05, 0.1) is 4.88 Å². The molecule has 0 unspecified atom stereocenters. The second kappa shape index (κ2) is 8.82. The molecule has 5 N–H and O–H groups in total. The second-order valence-corrected chi connectivity index (χ2v) is 7.80. The lowest BCUT2D eigenvalue weighted by Gasteiger charge is -2.19. The number of amides is 2. The maximum atomic E-state index is 12.7. The molecule has 0 aliphatic rings. The first-order valence-electron chi connectivity index (χ1n) is 9.09. The van der Waals surface area contributed by atoms with E-state index >= 15 is 0 Å². The Hall–Kier alpha value is -2.96. The fourth-order valence-corrected chi connectivity index (χ4v) is 3.79. The maximum absolute atomic E-state index is 12.7. The van der Waals surface area contributed by atoms with Crippen LogP contribution in [0.5, 0.6) is 0 Å². The zero-order valence-corrected chi connectivity index (χ0v) is 16.7. The van der Waals surface area contributed by atoms with Crippen LogP contribution in [0.15, 0.2) is 66.0 Å². The lowest BCUT2D eigenvalue weighted by atomic mass is 10.0. The molecule has 2 amide bonds. The molecule has 0 fully saturated rings. The van der Waals surface area contributed by atoms with Gasteiger partial charge in [0.2, 0.25) is 5.91 Å². The quantitative estimate of drug-likeness (QED) is 0.575. The summed E-state index contributed by atoms with van der Waals surface area (Å²) in [5.41, 5.74) is 8.67. The highest BCUT2D eigenvalue weighted by atomic mass is 32.1. The first-order chi connectivity index (χ1) is 13.4. The molecule has 0 spiro atoms. The van der Waals surface area contributed by atoms with Gasteiger partial charge in [-0.25, -0.2) is 0 Å². The van der Waals surface area contributed by atoms with Crippen molar-refractivity contribution in [1.82, 2.24) is 0 Å². The van der Waals surface area contributed by atoms with E-state index in [1.165, 1.54) is 16.0 Å². The monoisotopic (exact) mass is 394 g/mol. The number of nitrogens with one attached hydrogen (secondary N) is 1. The van der Waals surface area contributed by atoms with Crippen LogP contribution in [0.1, 0.15) is 39.3 Å². The van der Waals surface area contributed by atoms with Gasteiger partial charge in [-0.1, -0.05) is 35.9 Å². The first kappa shape index (κ1) is 19.8. The fraction of sp³-hybridized carbons (Fsp3) is 0.182. The predicted molar refractivity (Wildman–Crippen MR) is 112 cm³/mol. The molecule has 5 nitrogen and oxygen atoms in total. The van der Waals surface area contributed by atoms with Gasteiger partial charge in [-0.2, -0.15) is 0 Å². The molecule has 1 heterocycles. The molecule has 144 valence electrons. The van der Waals surface area contributed by atoms with Crippen molar-refractivity contribution in [3.05, 3.63) is 87.6 Å². The summed E-state index contributed by atoms with van der Waals surface area (Å²) in [6.07, 6.45) is 0. The van der Waals surface area contributed by atoms with Crippen LogP contribution in [-0.2, 0) is 4.79 Å². The number of thiophene rings is 1. The van der Waals surface area contributed by atoms with Gasteiger partial charge >= 0.3 is 0 Å². The predicted octanol–water partition coefficient (Wildman–Crippen LogP) is 2.84. The number of rotatable bonds is 7. The van der Waals surface area contributed by atoms with E-state index in [-0.39, 0.29) is 18.0 Å². The molecule has 2 atom stereocenters. The molecular weight excluding hydrogens is 370 g/mol. The third-order valence-electron chi connectivity index (χ3n) is 4.62. The number of carbonyl (C=O) groups excluding carboxylic acids is 2. The normalized spacial score (nSPS) is 12.9. The Balaban J connectivity index is 1.72. The van der Waals surface area contributed by atoms with Crippen molar-refractivity contribution < 1.29 is 14.9 Å². The standard InChI is InChI=1S/C22H23N3O2S/c1-14-5-7-16(8-6-14)20(19-4-3-13-28-19)24-15(2)22(27)25-18-11-9-17(10-12-18)21(23)26/h3-13,15,20,24H,1-2H3,(H2,23,26)(H,25,27)/p+1/t15-,20+/m0/s1. The number of aryl methyl sites for hydroxylation is 1. The van der Waals surface area contributed by atoms with Crippen molar-refractivity contribution in [3.63, 3.8) is 0 Å². The Morgan fingerprint density at radius 2 is 1.71 bits per heavy atom. The van der Waals surface area contributed by atoms with Crippen LogP contribution < -0.4 is 16.4 Å². The highest BCUT2D eigenvalue weighted by Gasteiger charge is 2.25. The number of benzene rings is 2. The molecule has 0 radical (unpaired) electrons. The average Bonchev–Trinajstić information content (AvgIpc) is 3.21. The van der Waals surface area contributed by atoms with Crippen molar-refractivity contribution in [1.29, 1.82) is 0 Å². The molecular formula is C22H24N3O2S+. The summed E-state index contributed by atoms with van der Waals surface area (Å²) >= 11 is 1.69. The Morgan fingerprint density at radius 3 is 2.29 bits per heavy atom. The number of primary amides is 1. The number of nitrogens with two attached hydrogens (primary N) is 2. The van der Waals surface area contributed by atoms with E-state index in [4.69, 9.17) is 5.73 Å². The van der Waals surface area contributed by atoms with E-state index < -0.39 is 5.91 Å². The summed E-state index contributed by atoms with van der Waals surface area (Å²) < 4.78 is 0. The van der Waals surface area contributed by atoms with Crippen molar-refractivity contribution in [3.8, 4) is 0 Å². The Bertz CT molecular complexity index is 935. The lowest BCUT2D eigenvalue weighted by Crippen LogP contribution is -2.92. The largest absolute Gasteiger partial charge is 0.366 e. The molecule has 2 aromatic carbocycles. The molecule has 3 aromatic rings. The van der Waals surface area contributed by atoms with Gasteiger partial charge in [-0.15, -0.1) is 11.3 Å². The van der Waals surface area contributed by atoms with E-state index in [2.05, 4.69) is 53.3 Å². The highest BCUT2D eigenvalue weighted by molar-refractivity contribution is 7.10. The lowest BCUT2D eigenvalue weighted by molar-refractivity contribution is -0.703. The van der Waals surface area contributed by atoms with Crippen LogP contribution in [0.25, 0.3) is 0 Å². The smallest absolute Gasteiger partial charge is 0.282 e. The van der Waals surface area contributed by atoms with Gasteiger partial charge < -0.3 is 16.4 Å². The summed E-state index contributed by atoms with van der Waals surface area (Å²) in [6.45, 7) is 3.95. The van der Waals surface area contributed by atoms with Crippen LogP contribution in [0.2, 0.25) is 0 Å². The van der Waals surface area contributed by atoms with E-state index in [1.807, 2.05) is 13.0 Å². The minimum atomic E-state index is -0.489. The van der Waals surface area contributed by atoms with Crippen LogP contribution in [0, 0.1) is 6.92 Å². The van der Waals surface area contributed by atoms with Crippen LogP contribution >= 0.6 is 11.3 Å². The number of hydrogen-bond acceptors (Lipinski definition) is 3. The molecule has 3 rings (SSSR count). The highest BCUT2D eigenvalue weighted by Crippen LogP contribution is 2.23. The SMILES string of the molecule is Cc1ccc([C@@H]([NH2+][C@@H](C)C(=O)Nc2ccc(C(N)=O)cc2)c2cccs2)cc1. The summed E-state index contributed by atoms with van der Waals surface area (Å²) in [4.78, 5) is 25.1. The Morgan fingerprint density at radius 1 is 1.04 bits per heavy atom. The number of carbonyl (C=O) groups is 2. The molecule has 1 aromatic heterocycles. The molecule has 0 saturated carbocycles. The topological polar surface area (TPSA) is 88.8 Å². The number of quaternary nitrogens is 1. The Kier molecular flexibility index (Phi) is 6.23. The first-order valence-corrected chi connectivity index (χ1v) is 9.97. The summed E-state index contributed by atoms with van der Waals surface area (Å²) in [5.74, 6) is -0.586. The maximum Gasteiger partial charge on any atom is 0.282 e. The van der Waals surface area contributed by atoms with Crippen LogP contribution in [0.3, 0.4) is 0 Å². The fourth-order valence-electron chi connectivity index (χ4n) is 2.96. The van der Waals surface area contributed by atoms with Crippen LogP contribution in [-0.4, -0.2) is 17.9 Å². The summed E-state index contributed by atoms with van der Waals surface area (Å²) in [5, 5.41) is 7.02. The van der Waals surface area contributed by atoms with E-state index in [0.717, 1.165) is 0 Å². The van der Waals surface area contributed by atoms with Gasteiger partial charge in [0.15, 0.2) is 6.04 Å². The average molecular weight is 395 g/mol. The number of hydrogen-bond donors (Lipinski definition) is 3. The van der Waals surface area contributed by atoms with Gasteiger partial charge in [-0.05, 0) is 49.6 Å². The zero-order valence-electron chi connectivity index (χ0n) is 15.9. The second-order valence-electron chi connectivity index (χ2n) is 6.82. The third kappa shape index (κ3) is 4.85. The van der Waals surface area contributed by atoms with E-state index in [0.29, 0.717) is 11.3 Å². The van der Waals surface area contributed by atoms with Crippen molar-refractivity contribution in [2.75, 3.05) is 5.32 Å². The summed E-state index contributed by atoms with van der Waals surface area (Å²) in [6, 6.07) is 18.9. The van der Waals surface area contributed by atoms with Crippen molar-refractivity contribution >= 4 is 28.8 Å². The minimum Gasteiger partial charge on any atom is -0.366 e. The molecule has 0 aliphatic heterocycles. The minimum absolute atomic E-state index is 0.0542. The molecule has 0 aliphatic carbocycles. The van der Waals surface area contributed by atoms with E-state index in [1.54, 1.807) is 35.6 Å². The van der Waals surface area contributed by atoms with Crippen molar-refractivity contribution in [2.45, 2.75) is 25.9 Å². The van der Waals surface area contributed by atoms with Gasteiger partial charge in [0, 0.05) is 16.8 Å². The van der Waals surface area contributed by atoms with E-state index in [9.17, 15) is 9.59 Å². The van der Waals surface area contributed by atoms with Crippen molar-refractivity contribution in [2.24, 2.45) is 5.73 Å². The zero-order chi connectivity index (χ0) is 20.1. The molecule has 0 bridgehead atoms. The van der Waals surface area contributed by atoms with Gasteiger partial charge in [-0.3, -0.25) is 9.59 Å². The third-order valence-corrected chi connectivity index (χ3v) is 5.57. The molecule has 0 saturated heterocycles. The molecule has 6 heteroatoms. The number of anilines is 1. The Labute approximate surface area is 168 Å².